The largest absolute Gasteiger partial charge is 0.320 e. The molecule has 0 amide bonds. The summed E-state index contributed by atoms with van der Waals surface area (Å²) in [4.78, 5) is 0. The molecule has 1 unspecified atom stereocenters. The van der Waals surface area contributed by atoms with E-state index in [9.17, 15) is 0 Å². The number of allylic oxidation sites excluding steroid dienone is 1. The summed E-state index contributed by atoms with van der Waals surface area (Å²) in [6.45, 7) is 7.41. The van der Waals surface area contributed by atoms with Crippen LogP contribution in [0, 0.1) is 0 Å². The number of hydrogen-bond acceptors (Lipinski definition) is 1. The molecule has 1 atom stereocenters. The molecule has 0 aromatic heterocycles. The van der Waals surface area contributed by atoms with Crippen molar-refractivity contribution in [3.8, 4) is 0 Å². The Labute approximate surface area is 112 Å². The minimum absolute atomic E-state index is 0.299. The normalized spacial score (nSPS) is 20.2. The van der Waals surface area contributed by atoms with E-state index in [4.69, 9.17) is 0 Å². The molecule has 0 bridgehead atoms. The zero-order valence-electron chi connectivity index (χ0n) is 12.3. The van der Waals surface area contributed by atoms with E-state index >= 15 is 0 Å². The van der Waals surface area contributed by atoms with Crippen LogP contribution in [0.4, 0.5) is 0 Å². The van der Waals surface area contributed by atoms with Crippen molar-refractivity contribution >= 4 is 6.08 Å². The predicted octanol–water partition coefficient (Wildman–Crippen LogP) is 4.39. The molecule has 0 radical (unpaired) electrons. The molecule has 0 fully saturated rings. The lowest BCUT2D eigenvalue weighted by Gasteiger charge is -2.28. The van der Waals surface area contributed by atoms with Gasteiger partial charge in [0.2, 0.25) is 0 Å². The molecule has 0 saturated heterocycles. The monoisotopic (exact) mass is 245 g/mol. The predicted molar refractivity (Wildman–Crippen MR) is 82.0 cm³/mol. The number of nitrogens with one attached hydrogen (secondary N) is 1. The van der Waals surface area contributed by atoms with Crippen LogP contribution < -0.4 is 5.32 Å². The van der Waals surface area contributed by atoms with E-state index in [1.54, 1.807) is 0 Å². The van der Waals surface area contributed by atoms with Crippen LogP contribution in [-0.2, 0) is 5.41 Å². The summed E-state index contributed by atoms with van der Waals surface area (Å²) >= 11 is 0. The quantitative estimate of drug-likeness (QED) is 0.759. The second-order valence-corrected chi connectivity index (χ2v) is 4.64. The summed E-state index contributed by atoms with van der Waals surface area (Å²) in [6, 6.07) is 8.80. The molecule has 2 rings (SSSR count). The maximum absolute atomic E-state index is 3.23. The van der Waals surface area contributed by atoms with Crippen molar-refractivity contribution in [3.05, 3.63) is 41.5 Å². The lowest BCUT2D eigenvalue weighted by atomic mass is 9.76. The molecule has 0 spiro atoms. The second-order valence-electron chi connectivity index (χ2n) is 4.64. The molecule has 1 aromatic carbocycles. The van der Waals surface area contributed by atoms with Crippen molar-refractivity contribution in [2.75, 3.05) is 13.6 Å². The van der Waals surface area contributed by atoms with Crippen molar-refractivity contribution in [3.63, 3.8) is 0 Å². The molecule has 1 heteroatoms. The van der Waals surface area contributed by atoms with Gasteiger partial charge in [-0.05, 0) is 44.0 Å². The van der Waals surface area contributed by atoms with Gasteiger partial charge in [-0.1, -0.05) is 57.2 Å². The Hall–Kier alpha value is -1.08. The van der Waals surface area contributed by atoms with Gasteiger partial charge in [-0.25, -0.2) is 0 Å². The lowest BCUT2D eigenvalue weighted by Crippen LogP contribution is -2.22. The van der Waals surface area contributed by atoms with Gasteiger partial charge in [0.1, 0.15) is 0 Å². The number of fused-ring (bicyclic) bond motifs is 1. The van der Waals surface area contributed by atoms with E-state index in [1.165, 1.54) is 30.4 Å². The van der Waals surface area contributed by atoms with Crippen molar-refractivity contribution < 1.29 is 0 Å². The molecule has 1 aliphatic carbocycles. The van der Waals surface area contributed by atoms with Gasteiger partial charge in [-0.3, -0.25) is 0 Å². The molecule has 1 nitrogen and oxygen atoms in total. The SMILES string of the molecule is CC.CCC1(CCCNC)C=Cc2ccccc21. The smallest absolute Gasteiger partial charge is 0.0139 e. The van der Waals surface area contributed by atoms with Gasteiger partial charge in [0, 0.05) is 5.41 Å². The van der Waals surface area contributed by atoms with Crippen LogP contribution in [0.25, 0.3) is 6.08 Å². The Kier molecular flexibility index (Phi) is 6.14. The van der Waals surface area contributed by atoms with Gasteiger partial charge in [0.15, 0.2) is 0 Å². The van der Waals surface area contributed by atoms with Gasteiger partial charge in [0.05, 0.1) is 0 Å². The molecule has 1 aliphatic rings. The van der Waals surface area contributed by atoms with Gasteiger partial charge >= 0.3 is 0 Å². The fraction of sp³-hybridized carbons (Fsp3) is 0.529. The topological polar surface area (TPSA) is 12.0 Å². The first-order chi connectivity index (χ1) is 8.82. The first-order valence-corrected chi connectivity index (χ1v) is 7.26. The highest BCUT2D eigenvalue weighted by atomic mass is 14.8. The summed E-state index contributed by atoms with van der Waals surface area (Å²) in [5.74, 6) is 0. The summed E-state index contributed by atoms with van der Waals surface area (Å²) in [6.07, 6.45) is 8.39. The molecular formula is C17H27N. The van der Waals surface area contributed by atoms with Crippen molar-refractivity contribution in [2.24, 2.45) is 0 Å². The Morgan fingerprint density at radius 3 is 2.56 bits per heavy atom. The average molecular weight is 245 g/mol. The first-order valence-electron chi connectivity index (χ1n) is 7.26. The van der Waals surface area contributed by atoms with Gasteiger partial charge in [-0.2, -0.15) is 0 Å². The molecule has 1 N–H and O–H groups in total. The van der Waals surface area contributed by atoms with E-state index in [-0.39, 0.29) is 0 Å². The van der Waals surface area contributed by atoms with Gasteiger partial charge in [0.25, 0.3) is 0 Å². The molecular weight excluding hydrogens is 218 g/mol. The summed E-state index contributed by atoms with van der Waals surface area (Å²) in [5.41, 5.74) is 3.23. The molecule has 0 aliphatic heterocycles. The zero-order chi connectivity index (χ0) is 13.4. The Balaban J connectivity index is 0.000000771. The van der Waals surface area contributed by atoms with Crippen LogP contribution in [0.15, 0.2) is 30.3 Å². The summed E-state index contributed by atoms with van der Waals surface area (Å²) in [7, 11) is 2.02. The zero-order valence-corrected chi connectivity index (χ0v) is 12.3. The van der Waals surface area contributed by atoms with Crippen LogP contribution in [-0.4, -0.2) is 13.6 Å². The third kappa shape index (κ3) is 3.02. The third-order valence-electron chi connectivity index (χ3n) is 3.76. The number of hydrogen-bond donors (Lipinski definition) is 1. The molecule has 0 heterocycles. The highest BCUT2D eigenvalue weighted by Gasteiger charge is 2.31. The van der Waals surface area contributed by atoms with Crippen molar-refractivity contribution in [2.45, 2.75) is 45.4 Å². The van der Waals surface area contributed by atoms with E-state index in [2.05, 4.69) is 48.7 Å². The Morgan fingerprint density at radius 2 is 1.89 bits per heavy atom. The molecule has 0 saturated carbocycles. The van der Waals surface area contributed by atoms with Crippen LogP contribution in [0.2, 0.25) is 0 Å². The van der Waals surface area contributed by atoms with E-state index in [1.807, 2.05) is 20.9 Å². The van der Waals surface area contributed by atoms with Crippen LogP contribution >= 0.6 is 0 Å². The van der Waals surface area contributed by atoms with Crippen LogP contribution in [0.3, 0.4) is 0 Å². The number of rotatable bonds is 5. The highest BCUT2D eigenvalue weighted by Crippen LogP contribution is 2.41. The lowest BCUT2D eigenvalue weighted by molar-refractivity contribution is 0.458. The number of benzene rings is 1. The van der Waals surface area contributed by atoms with Crippen LogP contribution in [0.5, 0.6) is 0 Å². The van der Waals surface area contributed by atoms with Crippen LogP contribution in [0.1, 0.15) is 51.2 Å². The summed E-state index contributed by atoms with van der Waals surface area (Å²) < 4.78 is 0. The average Bonchev–Trinajstić information content (AvgIpc) is 2.81. The van der Waals surface area contributed by atoms with E-state index < -0.39 is 0 Å². The fourth-order valence-corrected chi connectivity index (χ4v) is 2.72. The third-order valence-corrected chi connectivity index (χ3v) is 3.76. The second kappa shape index (κ2) is 7.38. The maximum Gasteiger partial charge on any atom is 0.0139 e. The Morgan fingerprint density at radius 1 is 1.17 bits per heavy atom. The fourth-order valence-electron chi connectivity index (χ4n) is 2.72. The highest BCUT2D eigenvalue weighted by molar-refractivity contribution is 5.65. The minimum Gasteiger partial charge on any atom is -0.320 e. The minimum atomic E-state index is 0.299. The molecule has 100 valence electrons. The van der Waals surface area contributed by atoms with Gasteiger partial charge < -0.3 is 5.32 Å². The van der Waals surface area contributed by atoms with E-state index in [0.29, 0.717) is 5.41 Å². The first kappa shape index (κ1) is 15.0. The molecule has 18 heavy (non-hydrogen) atoms. The van der Waals surface area contributed by atoms with Gasteiger partial charge in [-0.15, -0.1) is 0 Å². The van der Waals surface area contributed by atoms with Crippen molar-refractivity contribution in [1.29, 1.82) is 0 Å². The van der Waals surface area contributed by atoms with E-state index in [0.717, 1.165) is 6.54 Å². The molecule has 1 aromatic rings. The summed E-state index contributed by atoms with van der Waals surface area (Å²) in [5, 5.41) is 3.23. The Bertz CT molecular complexity index is 381. The standard InChI is InChI=1S/C15H21N.C2H6/c1-3-15(10-6-12-16-2)11-9-13-7-4-5-8-14(13)15;1-2/h4-5,7-9,11,16H,3,6,10,12H2,1-2H3;1-2H3. The maximum atomic E-state index is 3.23. The van der Waals surface area contributed by atoms with Crippen molar-refractivity contribution in [1.82, 2.24) is 5.32 Å².